The molecule has 5 rings (SSSR count). The molecule has 0 atom stereocenters. The van der Waals surface area contributed by atoms with Gasteiger partial charge in [0.05, 0.1) is 10.4 Å². The Bertz CT molecular complexity index is 1540. The van der Waals surface area contributed by atoms with Crippen molar-refractivity contribution in [2.24, 2.45) is 0 Å². The first-order valence-corrected chi connectivity index (χ1v) is 11.7. The second-order valence-electron chi connectivity index (χ2n) is 7.66. The molecule has 172 valence electrons. The third kappa shape index (κ3) is 3.77. The van der Waals surface area contributed by atoms with E-state index in [0.29, 0.717) is 33.5 Å². The highest BCUT2D eigenvalue weighted by Crippen LogP contribution is 2.39. The minimum Gasteiger partial charge on any atom is -0.481 e. The Morgan fingerprint density at radius 1 is 1.00 bits per heavy atom. The van der Waals surface area contributed by atoms with E-state index in [-0.39, 0.29) is 35.9 Å². The Morgan fingerprint density at radius 2 is 1.74 bits per heavy atom. The summed E-state index contributed by atoms with van der Waals surface area (Å²) >= 11 is 0. The molecule has 1 N–H and O–H groups in total. The van der Waals surface area contributed by atoms with Gasteiger partial charge in [0.1, 0.15) is 0 Å². The predicted octanol–water partition coefficient (Wildman–Crippen LogP) is 3.25. The second-order valence-corrected chi connectivity index (χ2v) is 9.48. The summed E-state index contributed by atoms with van der Waals surface area (Å²) in [5.41, 5.74) is 1.48. The average Bonchev–Trinajstić information content (AvgIpc) is 3.45. The molecule has 0 radical (unpaired) electrons. The van der Waals surface area contributed by atoms with Crippen molar-refractivity contribution in [2.45, 2.75) is 17.7 Å². The van der Waals surface area contributed by atoms with E-state index in [1.54, 1.807) is 30.3 Å². The number of nitrogens with zero attached hydrogens (tertiary/aromatic N) is 2. The number of carboxylic acid groups (broad SMARTS) is 1. The number of aromatic nitrogens is 2. The summed E-state index contributed by atoms with van der Waals surface area (Å²) < 4.78 is 39.2. The lowest BCUT2D eigenvalue weighted by molar-refractivity contribution is -0.136. The van der Waals surface area contributed by atoms with Crippen LogP contribution >= 0.6 is 0 Å². The number of pyridine rings is 1. The summed E-state index contributed by atoms with van der Waals surface area (Å²) in [5, 5.41) is 9.67. The molecule has 4 aromatic rings. The number of carboxylic acids is 1. The minimum atomic E-state index is -4.13. The number of hydrogen-bond donors (Lipinski definition) is 1. The highest BCUT2D eigenvalue weighted by atomic mass is 32.2. The molecule has 0 saturated heterocycles. The number of fused-ring (bicyclic) bond motifs is 2. The third-order valence-electron chi connectivity index (χ3n) is 5.55. The molecule has 0 unspecified atom stereocenters. The summed E-state index contributed by atoms with van der Waals surface area (Å²) in [5.74, 6) is -0.466. The van der Waals surface area contributed by atoms with Gasteiger partial charge < -0.3 is 14.6 Å². The zero-order chi connectivity index (χ0) is 23.9. The Balaban J connectivity index is 1.62. The van der Waals surface area contributed by atoms with Crippen molar-refractivity contribution < 1.29 is 32.6 Å². The number of ketones is 1. The van der Waals surface area contributed by atoms with Crippen molar-refractivity contribution in [1.82, 2.24) is 8.96 Å². The van der Waals surface area contributed by atoms with Crippen LogP contribution in [0.5, 0.6) is 11.5 Å². The molecule has 0 amide bonds. The highest BCUT2D eigenvalue weighted by Gasteiger charge is 2.26. The van der Waals surface area contributed by atoms with Gasteiger partial charge in [0.2, 0.25) is 6.79 Å². The van der Waals surface area contributed by atoms with E-state index in [9.17, 15) is 18.0 Å². The summed E-state index contributed by atoms with van der Waals surface area (Å²) in [7, 11) is -4.13. The lowest BCUT2D eigenvalue weighted by atomic mass is 10.1. The van der Waals surface area contributed by atoms with Crippen LogP contribution in [0.4, 0.5) is 0 Å². The first-order valence-electron chi connectivity index (χ1n) is 10.3. The van der Waals surface area contributed by atoms with Crippen LogP contribution in [0.15, 0.2) is 72.0 Å². The van der Waals surface area contributed by atoms with Crippen molar-refractivity contribution in [1.29, 1.82) is 0 Å². The molecule has 3 heterocycles. The number of aliphatic carboxylic acids is 1. The van der Waals surface area contributed by atoms with E-state index in [1.807, 2.05) is 0 Å². The molecule has 0 bridgehead atoms. The van der Waals surface area contributed by atoms with E-state index in [1.165, 1.54) is 36.8 Å². The van der Waals surface area contributed by atoms with Crippen molar-refractivity contribution in [3.05, 3.63) is 83.8 Å². The van der Waals surface area contributed by atoms with Crippen LogP contribution < -0.4 is 9.47 Å². The largest absolute Gasteiger partial charge is 0.481 e. The second kappa shape index (κ2) is 8.31. The number of benzene rings is 2. The summed E-state index contributed by atoms with van der Waals surface area (Å²) in [6, 6.07) is 12.1. The maximum absolute atomic E-state index is 13.7. The Morgan fingerprint density at radius 3 is 2.47 bits per heavy atom. The molecular formula is C24H18N2O7S. The lowest BCUT2D eigenvalue weighted by Gasteiger charge is -2.09. The van der Waals surface area contributed by atoms with Gasteiger partial charge in [-0.1, -0.05) is 12.1 Å². The van der Waals surface area contributed by atoms with Crippen LogP contribution in [0.25, 0.3) is 10.9 Å². The fraction of sp³-hybridized carbons (Fsp3) is 0.125. The van der Waals surface area contributed by atoms with Gasteiger partial charge in [0.15, 0.2) is 17.3 Å². The number of rotatable bonds is 7. The van der Waals surface area contributed by atoms with Crippen LogP contribution in [0.2, 0.25) is 0 Å². The Hall–Kier alpha value is -4.18. The Kier molecular flexibility index (Phi) is 5.29. The van der Waals surface area contributed by atoms with Crippen LogP contribution in [-0.2, 0) is 21.2 Å². The molecule has 2 aromatic heterocycles. The molecule has 0 aliphatic carbocycles. The van der Waals surface area contributed by atoms with Crippen LogP contribution in [0, 0.1) is 0 Å². The van der Waals surface area contributed by atoms with Gasteiger partial charge in [0.25, 0.3) is 10.0 Å². The van der Waals surface area contributed by atoms with E-state index < -0.39 is 16.0 Å². The average molecular weight is 478 g/mol. The van der Waals surface area contributed by atoms with Gasteiger partial charge >= 0.3 is 5.97 Å². The van der Waals surface area contributed by atoms with Gasteiger partial charge in [-0.3, -0.25) is 14.6 Å². The molecule has 0 saturated carbocycles. The summed E-state index contributed by atoms with van der Waals surface area (Å²) in [4.78, 5) is 27.8. The molecule has 0 spiro atoms. The zero-order valence-electron chi connectivity index (χ0n) is 17.7. The molecule has 1 aliphatic heterocycles. The van der Waals surface area contributed by atoms with Crippen molar-refractivity contribution in [2.75, 3.05) is 6.79 Å². The molecule has 10 heteroatoms. The van der Waals surface area contributed by atoms with E-state index in [2.05, 4.69) is 4.98 Å². The van der Waals surface area contributed by atoms with Gasteiger partial charge in [-0.15, -0.1) is 0 Å². The van der Waals surface area contributed by atoms with Crippen LogP contribution in [-0.4, -0.2) is 41.0 Å². The van der Waals surface area contributed by atoms with E-state index >= 15 is 0 Å². The van der Waals surface area contributed by atoms with E-state index in [0.717, 1.165) is 3.97 Å². The smallest absolute Gasteiger partial charge is 0.303 e. The number of carbonyl (C=O) groups is 2. The first kappa shape index (κ1) is 21.7. The summed E-state index contributed by atoms with van der Waals surface area (Å²) in [6.45, 7) is 0.0122. The topological polar surface area (TPSA) is 125 Å². The molecule has 0 fully saturated rings. The van der Waals surface area contributed by atoms with Crippen molar-refractivity contribution >= 4 is 32.7 Å². The normalized spacial score (nSPS) is 12.7. The number of ether oxygens (including phenoxy) is 2. The quantitative estimate of drug-likeness (QED) is 0.401. The standard InChI is InChI=1S/C24H18N2O7S/c27-23(28)5-4-17-13-26(20-12-22-21(11-19(17)20)32-14-33-22)34(30,31)18-3-1-2-16(10-18)24(29)15-6-8-25-9-7-15/h1-3,6-13H,4-5,14H2,(H,27,28). The lowest BCUT2D eigenvalue weighted by Crippen LogP contribution is -2.13. The zero-order valence-corrected chi connectivity index (χ0v) is 18.5. The third-order valence-corrected chi connectivity index (χ3v) is 7.22. The van der Waals surface area contributed by atoms with Crippen LogP contribution in [0.3, 0.4) is 0 Å². The fourth-order valence-corrected chi connectivity index (χ4v) is 5.30. The van der Waals surface area contributed by atoms with Crippen molar-refractivity contribution in [3.63, 3.8) is 0 Å². The number of carbonyl (C=O) groups excluding carboxylic acids is 1. The predicted molar refractivity (Wildman–Crippen MR) is 121 cm³/mol. The molecule has 9 nitrogen and oxygen atoms in total. The molecule has 1 aliphatic rings. The van der Waals surface area contributed by atoms with Gasteiger partial charge in [-0.25, -0.2) is 12.4 Å². The highest BCUT2D eigenvalue weighted by molar-refractivity contribution is 7.90. The van der Waals surface area contributed by atoms with Crippen LogP contribution in [0.1, 0.15) is 27.9 Å². The number of hydrogen-bond acceptors (Lipinski definition) is 7. The Labute approximate surface area is 194 Å². The maximum atomic E-state index is 13.7. The van der Waals surface area contributed by atoms with Crippen molar-refractivity contribution in [3.8, 4) is 11.5 Å². The minimum absolute atomic E-state index is 0.0122. The summed E-state index contributed by atoms with van der Waals surface area (Å²) in [6.07, 6.45) is 4.36. The van der Waals surface area contributed by atoms with Gasteiger partial charge in [-0.05, 0) is 42.3 Å². The number of aryl methyl sites for hydroxylation is 1. The van der Waals surface area contributed by atoms with E-state index in [4.69, 9.17) is 14.6 Å². The molecular weight excluding hydrogens is 460 g/mol. The SMILES string of the molecule is O=C(O)CCc1cn(S(=O)(=O)c2cccc(C(=O)c3ccncc3)c2)c2cc3c(cc12)OCO3. The fourth-order valence-electron chi connectivity index (χ4n) is 3.87. The maximum Gasteiger partial charge on any atom is 0.303 e. The molecule has 34 heavy (non-hydrogen) atoms. The van der Waals surface area contributed by atoms with Gasteiger partial charge in [-0.2, -0.15) is 0 Å². The molecule has 2 aromatic carbocycles. The first-order chi connectivity index (χ1) is 16.3. The van der Waals surface area contributed by atoms with Gasteiger partial charge in [0, 0.05) is 47.6 Å². The monoisotopic (exact) mass is 478 g/mol.